The van der Waals surface area contributed by atoms with Crippen molar-refractivity contribution < 1.29 is 0 Å². The number of fused-ring (bicyclic) bond motifs is 1. The van der Waals surface area contributed by atoms with E-state index in [2.05, 4.69) is 44.4 Å². The summed E-state index contributed by atoms with van der Waals surface area (Å²) < 4.78 is 1.20. The molecule has 1 aromatic carbocycles. The molecule has 1 aliphatic rings. The van der Waals surface area contributed by atoms with Crippen LogP contribution in [0.5, 0.6) is 0 Å². The number of hydrogen-bond acceptors (Lipinski definition) is 3. The molecule has 100 valence electrons. The molecule has 0 saturated heterocycles. The summed E-state index contributed by atoms with van der Waals surface area (Å²) in [6, 6.07) is 7.29. The number of nitrogens with zero attached hydrogens (tertiary/aromatic N) is 1. The summed E-state index contributed by atoms with van der Waals surface area (Å²) in [5.41, 5.74) is 3.01. The van der Waals surface area contributed by atoms with Crippen LogP contribution < -0.4 is 5.32 Å². The fraction of sp³-hybridized carbons (Fsp3) is 0.400. The van der Waals surface area contributed by atoms with Crippen LogP contribution in [0.1, 0.15) is 22.6 Å². The highest BCUT2D eigenvalue weighted by atomic mass is 79.9. The number of nitrogens with one attached hydrogen (secondary N) is 1. The maximum atomic E-state index is 4.32. The molecule has 1 aromatic heterocycles. The molecule has 1 aliphatic carbocycles. The average Bonchev–Trinajstić information content (AvgIpc) is 2.92. The molecular weight excluding hydrogens is 320 g/mol. The summed E-state index contributed by atoms with van der Waals surface area (Å²) in [6.07, 6.45) is 6.50. The van der Waals surface area contributed by atoms with Gasteiger partial charge in [0, 0.05) is 35.1 Å². The van der Waals surface area contributed by atoms with Crippen LogP contribution in [0.2, 0.25) is 0 Å². The van der Waals surface area contributed by atoms with E-state index in [9.17, 15) is 0 Å². The minimum absolute atomic E-state index is 0.619. The van der Waals surface area contributed by atoms with Crippen molar-refractivity contribution in [1.29, 1.82) is 0 Å². The van der Waals surface area contributed by atoms with E-state index >= 15 is 0 Å². The van der Waals surface area contributed by atoms with Crippen LogP contribution in [-0.4, -0.2) is 17.6 Å². The Labute approximate surface area is 126 Å². The predicted octanol–water partition coefficient (Wildman–Crippen LogP) is 3.60. The second-order valence-corrected chi connectivity index (χ2v) is 6.88. The van der Waals surface area contributed by atoms with Crippen LogP contribution in [0.25, 0.3) is 0 Å². The van der Waals surface area contributed by atoms with Gasteiger partial charge in [-0.1, -0.05) is 22.0 Å². The van der Waals surface area contributed by atoms with Crippen molar-refractivity contribution in [2.45, 2.75) is 31.7 Å². The Morgan fingerprint density at radius 2 is 2.32 bits per heavy atom. The van der Waals surface area contributed by atoms with Gasteiger partial charge >= 0.3 is 0 Å². The van der Waals surface area contributed by atoms with Gasteiger partial charge in [0.2, 0.25) is 0 Å². The summed E-state index contributed by atoms with van der Waals surface area (Å²) in [5.74, 6) is 0. The second-order valence-electron chi connectivity index (χ2n) is 4.98. The fourth-order valence-electron chi connectivity index (χ4n) is 2.66. The molecule has 0 aliphatic heterocycles. The Hall–Kier alpha value is -0.710. The molecule has 1 unspecified atom stereocenters. The minimum Gasteiger partial charge on any atom is -0.313 e. The van der Waals surface area contributed by atoms with Crippen LogP contribution in [0.4, 0.5) is 0 Å². The molecule has 0 saturated carbocycles. The highest BCUT2D eigenvalue weighted by Gasteiger charge is 2.18. The van der Waals surface area contributed by atoms with E-state index < -0.39 is 0 Å². The Balaban J connectivity index is 1.53. The van der Waals surface area contributed by atoms with Crippen molar-refractivity contribution >= 4 is 27.3 Å². The lowest BCUT2D eigenvalue weighted by Gasteiger charge is -2.25. The molecule has 0 radical (unpaired) electrons. The first kappa shape index (κ1) is 13.3. The number of aromatic nitrogens is 1. The van der Waals surface area contributed by atoms with E-state index in [0.717, 1.165) is 19.4 Å². The zero-order valence-electron chi connectivity index (χ0n) is 10.7. The van der Waals surface area contributed by atoms with Crippen LogP contribution in [0, 0.1) is 0 Å². The topological polar surface area (TPSA) is 24.9 Å². The standard InChI is InChI=1S/C15H17BrN2S/c16-13-3-1-12-10-14(4-2-11(12)9-13)17-6-5-15-18-7-8-19-15/h1,3,7-9,14,17H,2,4-6,10H2. The molecule has 2 nitrogen and oxygen atoms in total. The van der Waals surface area contributed by atoms with Gasteiger partial charge in [-0.15, -0.1) is 11.3 Å². The highest BCUT2D eigenvalue weighted by molar-refractivity contribution is 9.10. The van der Waals surface area contributed by atoms with Crippen molar-refractivity contribution in [3.8, 4) is 0 Å². The minimum atomic E-state index is 0.619. The van der Waals surface area contributed by atoms with Crippen molar-refractivity contribution in [2.24, 2.45) is 0 Å². The third kappa shape index (κ3) is 3.44. The second kappa shape index (κ2) is 6.16. The maximum absolute atomic E-state index is 4.32. The zero-order chi connectivity index (χ0) is 13.1. The third-order valence-corrected chi connectivity index (χ3v) is 4.98. The van der Waals surface area contributed by atoms with Crippen molar-refractivity contribution in [2.75, 3.05) is 6.54 Å². The van der Waals surface area contributed by atoms with E-state index in [1.165, 1.54) is 33.4 Å². The number of halogens is 1. The first-order valence-corrected chi connectivity index (χ1v) is 8.37. The molecule has 0 spiro atoms. The van der Waals surface area contributed by atoms with Gasteiger partial charge in [-0.25, -0.2) is 4.98 Å². The molecule has 19 heavy (non-hydrogen) atoms. The molecule has 0 amide bonds. The molecule has 2 aromatic rings. The lowest BCUT2D eigenvalue weighted by atomic mass is 9.88. The van der Waals surface area contributed by atoms with E-state index in [1.807, 2.05) is 11.6 Å². The quantitative estimate of drug-likeness (QED) is 0.922. The first-order chi connectivity index (χ1) is 9.31. The van der Waals surface area contributed by atoms with Gasteiger partial charge in [0.25, 0.3) is 0 Å². The largest absolute Gasteiger partial charge is 0.313 e. The molecule has 1 atom stereocenters. The van der Waals surface area contributed by atoms with Gasteiger partial charge in [-0.2, -0.15) is 0 Å². The number of hydrogen-bond donors (Lipinski definition) is 1. The van der Waals surface area contributed by atoms with Gasteiger partial charge < -0.3 is 5.32 Å². The average molecular weight is 337 g/mol. The molecule has 0 fully saturated rings. The molecule has 1 heterocycles. The van der Waals surface area contributed by atoms with E-state index in [-0.39, 0.29) is 0 Å². The SMILES string of the molecule is Brc1ccc2c(c1)CCC(NCCc1nccs1)C2. The van der Waals surface area contributed by atoms with E-state index in [4.69, 9.17) is 0 Å². The van der Waals surface area contributed by atoms with Gasteiger partial charge in [-0.05, 0) is 42.5 Å². The van der Waals surface area contributed by atoms with Crippen molar-refractivity contribution in [3.63, 3.8) is 0 Å². The Kier molecular flexibility index (Phi) is 4.31. The normalized spacial score (nSPS) is 18.3. The number of thiazole rings is 1. The van der Waals surface area contributed by atoms with Crippen LogP contribution in [0.15, 0.2) is 34.2 Å². The van der Waals surface area contributed by atoms with Gasteiger partial charge in [-0.3, -0.25) is 0 Å². The molecular formula is C15H17BrN2S. The fourth-order valence-corrected chi connectivity index (χ4v) is 3.69. The van der Waals surface area contributed by atoms with Crippen LogP contribution >= 0.6 is 27.3 Å². The Morgan fingerprint density at radius 1 is 1.37 bits per heavy atom. The van der Waals surface area contributed by atoms with Crippen molar-refractivity contribution in [3.05, 3.63) is 50.4 Å². The van der Waals surface area contributed by atoms with Crippen molar-refractivity contribution in [1.82, 2.24) is 10.3 Å². The summed E-state index contributed by atoms with van der Waals surface area (Å²) in [6.45, 7) is 1.03. The monoisotopic (exact) mass is 336 g/mol. The molecule has 1 N–H and O–H groups in total. The third-order valence-electron chi connectivity index (χ3n) is 3.65. The smallest absolute Gasteiger partial charge is 0.0937 e. The summed E-state index contributed by atoms with van der Waals surface area (Å²) in [7, 11) is 0. The van der Waals surface area contributed by atoms with Crippen LogP contribution in [-0.2, 0) is 19.3 Å². The maximum Gasteiger partial charge on any atom is 0.0937 e. The Morgan fingerprint density at radius 3 is 3.16 bits per heavy atom. The molecule has 3 rings (SSSR count). The number of aryl methyl sites for hydroxylation is 1. The first-order valence-electron chi connectivity index (χ1n) is 6.70. The lowest BCUT2D eigenvalue weighted by Crippen LogP contribution is -2.35. The number of benzene rings is 1. The van der Waals surface area contributed by atoms with Gasteiger partial charge in [0.1, 0.15) is 0 Å². The summed E-state index contributed by atoms with van der Waals surface area (Å²) in [4.78, 5) is 4.32. The van der Waals surface area contributed by atoms with Crippen LogP contribution in [0.3, 0.4) is 0 Å². The zero-order valence-corrected chi connectivity index (χ0v) is 13.1. The lowest BCUT2D eigenvalue weighted by molar-refractivity contribution is 0.461. The molecule has 0 bridgehead atoms. The van der Waals surface area contributed by atoms with Gasteiger partial charge in [0.15, 0.2) is 0 Å². The Bertz CT molecular complexity index is 539. The molecule has 4 heteroatoms. The van der Waals surface area contributed by atoms with Gasteiger partial charge in [0.05, 0.1) is 5.01 Å². The van der Waals surface area contributed by atoms with E-state index in [1.54, 1.807) is 11.3 Å². The summed E-state index contributed by atoms with van der Waals surface area (Å²) in [5, 5.41) is 6.95. The predicted molar refractivity (Wildman–Crippen MR) is 83.8 cm³/mol. The number of rotatable bonds is 4. The summed E-state index contributed by atoms with van der Waals surface area (Å²) >= 11 is 5.29. The highest BCUT2D eigenvalue weighted by Crippen LogP contribution is 2.24. The van der Waals surface area contributed by atoms with E-state index in [0.29, 0.717) is 6.04 Å².